The van der Waals surface area contributed by atoms with Crippen molar-refractivity contribution in [2.45, 2.75) is 69.4 Å². The molecule has 40 heavy (non-hydrogen) atoms. The minimum Gasteiger partial charge on any atom is -0.460 e. The summed E-state index contributed by atoms with van der Waals surface area (Å²) in [4.78, 5) is 28.8. The molecule has 2 N–H and O–H groups in total. The molecule has 10 heteroatoms. The van der Waals surface area contributed by atoms with Crippen molar-refractivity contribution in [3.63, 3.8) is 0 Å². The van der Waals surface area contributed by atoms with Gasteiger partial charge in [-0.3, -0.25) is 9.69 Å². The molecule has 6 rings (SSSR count). The van der Waals surface area contributed by atoms with Gasteiger partial charge < -0.3 is 15.4 Å². The average molecular weight is 551 g/mol. The van der Waals surface area contributed by atoms with E-state index in [9.17, 15) is 13.6 Å². The lowest BCUT2D eigenvalue weighted by molar-refractivity contribution is -0.0632. The Labute approximate surface area is 232 Å². The van der Waals surface area contributed by atoms with E-state index in [0.29, 0.717) is 11.6 Å². The van der Waals surface area contributed by atoms with Crippen LogP contribution in [-0.4, -0.2) is 64.0 Å². The molecule has 1 atom stereocenters. The summed E-state index contributed by atoms with van der Waals surface area (Å²) in [5, 5.41) is 7.20. The maximum Gasteiger partial charge on any atom is 0.316 e. The summed E-state index contributed by atoms with van der Waals surface area (Å²) in [6.07, 6.45) is 10.1. The Morgan fingerprint density at radius 1 is 1.07 bits per heavy atom. The highest BCUT2D eigenvalue weighted by Gasteiger charge is 2.37. The van der Waals surface area contributed by atoms with Gasteiger partial charge in [0, 0.05) is 67.9 Å². The Hall–Kier alpha value is -3.40. The lowest BCUT2D eigenvalue weighted by Gasteiger charge is -2.37. The van der Waals surface area contributed by atoms with Crippen LogP contribution in [0.25, 0.3) is 10.9 Å². The van der Waals surface area contributed by atoms with Crippen molar-refractivity contribution in [1.82, 2.24) is 25.2 Å². The maximum atomic E-state index is 13.9. The highest BCUT2D eigenvalue weighted by Crippen LogP contribution is 2.33. The van der Waals surface area contributed by atoms with Crippen LogP contribution < -0.4 is 15.4 Å². The second kappa shape index (κ2) is 11.6. The quantitative estimate of drug-likeness (QED) is 0.332. The molecule has 1 aromatic carbocycles. The van der Waals surface area contributed by atoms with Crippen LogP contribution in [0, 0.1) is 5.92 Å². The van der Waals surface area contributed by atoms with E-state index in [1.54, 1.807) is 18.5 Å². The van der Waals surface area contributed by atoms with E-state index in [0.717, 1.165) is 60.4 Å². The monoisotopic (exact) mass is 550 g/mol. The third-order valence-corrected chi connectivity index (χ3v) is 8.32. The number of hydrogen-bond donors (Lipinski definition) is 2. The van der Waals surface area contributed by atoms with Crippen LogP contribution in [0.1, 0.15) is 73.3 Å². The molecular weight excluding hydrogens is 514 g/mol. The van der Waals surface area contributed by atoms with Crippen LogP contribution in [0.4, 0.5) is 14.6 Å². The van der Waals surface area contributed by atoms with Crippen LogP contribution in [0.15, 0.2) is 42.7 Å². The number of fused-ring (bicyclic) bond motifs is 1. The lowest BCUT2D eigenvalue weighted by atomic mass is 9.96. The minimum absolute atomic E-state index is 0.162. The third kappa shape index (κ3) is 6.49. The molecule has 3 heterocycles. The number of carbonyl (C=O) groups is 1. The number of aromatic nitrogens is 3. The molecule has 2 aromatic heterocycles. The number of alkyl halides is 2. The van der Waals surface area contributed by atoms with Gasteiger partial charge in [-0.25, -0.2) is 23.7 Å². The molecule has 3 aromatic rings. The van der Waals surface area contributed by atoms with Crippen LogP contribution in [0.2, 0.25) is 0 Å². The van der Waals surface area contributed by atoms with Crippen molar-refractivity contribution in [3.05, 3.63) is 53.9 Å². The van der Waals surface area contributed by atoms with Gasteiger partial charge in [0.15, 0.2) is 0 Å². The Balaban J connectivity index is 1.15. The molecule has 212 valence electrons. The SMILES string of the molecule is O=C(NCC(c1cnc(OC2CCC2)nc1)N1CCC(F)(F)CC1)c1cccc2nc(NCCC3CC3)ccc12. The summed E-state index contributed by atoms with van der Waals surface area (Å²) < 4.78 is 33.6. The fourth-order valence-corrected chi connectivity index (χ4v) is 5.36. The lowest BCUT2D eigenvalue weighted by Crippen LogP contribution is -2.45. The summed E-state index contributed by atoms with van der Waals surface area (Å²) in [5.74, 6) is -1.25. The van der Waals surface area contributed by atoms with Crippen molar-refractivity contribution in [2.24, 2.45) is 5.92 Å². The van der Waals surface area contributed by atoms with Crippen LogP contribution in [0.5, 0.6) is 6.01 Å². The molecule has 1 aliphatic heterocycles. The topological polar surface area (TPSA) is 92.3 Å². The molecule has 8 nitrogen and oxygen atoms in total. The van der Waals surface area contributed by atoms with E-state index in [4.69, 9.17) is 9.72 Å². The first-order valence-corrected chi connectivity index (χ1v) is 14.5. The maximum absolute atomic E-state index is 13.9. The summed E-state index contributed by atoms with van der Waals surface area (Å²) >= 11 is 0. The highest BCUT2D eigenvalue weighted by atomic mass is 19.3. The van der Waals surface area contributed by atoms with Gasteiger partial charge in [-0.05, 0) is 55.9 Å². The molecule has 1 saturated heterocycles. The minimum atomic E-state index is -2.66. The van der Waals surface area contributed by atoms with Gasteiger partial charge in [0.25, 0.3) is 11.8 Å². The zero-order chi connectivity index (χ0) is 27.5. The van der Waals surface area contributed by atoms with Gasteiger partial charge in [0.2, 0.25) is 0 Å². The Bertz CT molecular complexity index is 1320. The molecule has 0 spiro atoms. The van der Waals surface area contributed by atoms with E-state index in [1.807, 2.05) is 29.2 Å². The number of rotatable bonds is 11. The molecule has 1 amide bonds. The summed E-state index contributed by atoms with van der Waals surface area (Å²) in [6, 6.07) is 9.34. The molecular formula is C30H36F2N6O2. The number of ether oxygens (including phenoxy) is 1. The second-order valence-corrected chi connectivity index (χ2v) is 11.3. The zero-order valence-corrected chi connectivity index (χ0v) is 22.6. The summed E-state index contributed by atoms with van der Waals surface area (Å²) in [7, 11) is 0. The highest BCUT2D eigenvalue weighted by molar-refractivity contribution is 6.06. The first-order valence-electron chi connectivity index (χ1n) is 14.5. The second-order valence-electron chi connectivity index (χ2n) is 11.3. The smallest absolute Gasteiger partial charge is 0.316 e. The van der Waals surface area contributed by atoms with Crippen molar-refractivity contribution < 1.29 is 18.3 Å². The summed E-state index contributed by atoms with van der Waals surface area (Å²) in [6.45, 7) is 1.58. The van der Waals surface area contributed by atoms with Crippen molar-refractivity contribution in [3.8, 4) is 6.01 Å². The Morgan fingerprint density at radius 2 is 1.85 bits per heavy atom. The molecule has 2 aliphatic carbocycles. The standard InChI is InChI=1S/C30H36F2N6O2/c31-30(32)12-15-38(16-13-30)26(21-17-35-29(36-18-21)40-22-3-1-4-22)19-34-28(39)24-5-2-6-25-23(24)9-10-27(37-25)33-14-11-20-7-8-20/h2,5-6,9-10,17-18,20,22,26H,1,3-4,7-8,11-16,19H2,(H,33,37)(H,34,39). The van der Waals surface area contributed by atoms with Gasteiger partial charge in [-0.15, -0.1) is 0 Å². The number of likely N-dealkylation sites (tertiary alicyclic amines) is 1. The van der Waals surface area contributed by atoms with Gasteiger partial charge >= 0.3 is 6.01 Å². The average Bonchev–Trinajstić information content (AvgIpc) is 3.76. The number of pyridine rings is 1. The number of nitrogens with one attached hydrogen (secondary N) is 2. The van der Waals surface area contributed by atoms with Crippen molar-refractivity contribution in [2.75, 3.05) is 31.5 Å². The molecule has 3 fully saturated rings. The van der Waals surface area contributed by atoms with E-state index >= 15 is 0 Å². The van der Waals surface area contributed by atoms with E-state index < -0.39 is 5.92 Å². The zero-order valence-electron chi connectivity index (χ0n) is 22.6. The predicted molar refractivity (Wildman–Crippen MR) is 149 cm³/mol. The number of hydrogen-bond acceptors (Lipinski definition) is 7. The molecule has 0 radical (unpaired) electrons. The number of piperidine rings is 1. The third-order valence-electron chi connectivity index (χ3n) is 8.32. The number of halogens is 2. The van der Waals surface area contributed by atoms with Crippen LogP contribution in [0.3, 0.4) is 0 Å². The summed E-state index contributed by atoms with van der Waals surface area (Å²) in [5.41, 5.74) is 2.03. The number of benzene rings is 1. The number of amides is 1. The molecule has 0 bridgehead atoms. The van der Waals surface area contributed by atoms with E-state index in [2.05, 4.69) is 20.6 Å². The fraction of sp³-hybridized carbons (Fsp3) is 0.533. The fourth-order valence-electron chi connectivity index (χ4n) is 5.36. The van der Waals surface area contributed by atoms with Gasteiger partial charge in [-0.1, -0.05) is 18.9 Å². The van der Waals surface area contributed by atoms with Gasteiger partial charge in [-0.2, -0.15) is 0 Å². The predicted octanol–water partition coefficient (Wildman–Crippen LogP) is 5.37. The van der Waals surface area contributed by atoms with Crippen molar-refractivity contribution in [1.29, 1.82) is 0 Å². The Morgan fingerprint density at radius 3 is 2.55 bits per heavy atom. The number of nitrogens with zero attached hydrogens (tertiary/aromatic N) is 4. The van der Waals surface area contributed by atoms with Crippen LogP contribution in [-0.2, 0) is 0 Å². The van der Waals surface area contributed by atoms with Crippen molar-refractivity contribution >= 4 is 22.6 Å². The first kappa shape index (κ1) is 26.8. The Kier molecular flexibility index (Phi) is 7.78. The molecule has 1 unspecified atom stereocenters. The van der Waals surface area contributed by atoms with E-state index in [1.165, 1.54) is 12.8 Å². The normalized spacial score (nSPS) is 20.1. The first-order chi connectivity index (χ1) is 19.4. The van der Waals surface area contributed by atoms with Crippen LogP contribution >= 0.6 is 0 Å². The molecule has 2 saturated carbocycles. The largest absolute Gasteiger partial charge is 0.460 e. The van der Waals surface area contributed by atoms with Gasteiger partial charge in [0.1, 0.15) is 11.9 Å². The number of anilines is 1. The molecule has 3 aliphatic rings. The van der Waals surface area contributed by atoms with Gasteiger partial charge in [0.05, 0.1) is 11.6 Å². The van der Waals surface area contributed by atoms with E-state index in [-0.39, 0.29) is 50.5 Å². The number of carbonyl (C=O) groups excluding carboxylic acids is 1.